The lowest BCUT2D eigenvalue weighted by atomic mass is 9.81. The SMILES string of the molecule is COc1cc(F)c2c(c1)[C@](N)(CO)c1cc(Br)ccc1O2. The van der Waals surface area contributed by atoms with Gasteiger partial charge in [-0.3, -0.25) is 0 Å². The smallest absolute Gasteiger partial charge is 0.169 e. The molecular weight excluding hydrogens is 341 g/mol. The minimum atomic E-state index is -1.26. The summed E-state index contributed by atoms with van der Waals surface area (Å²) in [7, 11) is 1.44. The molecule has 1 heterocycles. The highest BCUT2D eigenvalue weighted by atomic mass is 79.9. The van der Waals surface area contributed by atoms with Gasteiger partial charge >= 0.3 is 0 Å². The molecule has 0 bridgehead atoms. The molecule has 1 aliphatic heterocycles. The van der Waals surface area contributed by atoms with Gasteiger partial charge in [0.2, 0.25) is 0 Å². The van der Waals surface area contributed by atoms with E-state index in [-0.39, 0.29) is 12.4 Å². The van der Waals surface area contributed by atoms with Crippen molar-refractivity contribution in [2.24, 2.45) is 5.73 Å². The van der Waals surface area contributed by atoms with Gasteiger partial charge in [-0.15, -0.1) is 0 Å². The Morgan fingerprint density at radius 3 is 2.76 bits per heavy atom. The Kier molecular flexibility index (Phi) is 3.39. The average Bonchev–Trinajstić information content (AvgIpc) is 2.49. The summed E-state index contributed by atoms with van der Waals surface area (Å²) in [5.74, 6) is 0.172. The number of hydrogen-bond acceptors (Lipinski definition) is 4. The first-order chi connectivity index (χ1) is 9.99. The van der Waals surface area contributed by atoms with E-state index in [2.05, 4.69) is 15.9 Å². The molecule has 0 saturated carbocycles. The minimum Gasteiger partial charge on any atom is -0.497 e. The second kappa shape index (κ2) is 4.98. The molecule has 0 amide bonds. The first-order valence-corrected chi connectivity index (χ1v) is 7.04. The van der Waals surface area contributed by atoms with Crippen molar-refractivity contribution in [3.63, 3.8) is 0 Å². The number of hydrogen-bond donors (Lipinski definition) is 2. The number of halogens is 2. The standard InChI is InChI=1S/C15H13BrFNO3/c1-20-9-5-11-14(12(17)6-9)21-13-3-2-8(16)4-10(13)15(11,18)7-19/h2-6,19H,7,18H2,1H3/t15-/m0/s1. The third-order valence-corrected chi connectivity index (χ3v) is 4.11. The van der Waals surface area contributed by atoms with E-state index in [9.17, 15) is 9.50 Å². The molecule has 0 aliphatic carbocycles. The highest BCUT2D eigenvalue weighted by molar-refractivity contribution is 9.10. The van der Waals surface area contributed by atoms with Crippen LogP contribution in [0.15, 0.2) is 34.8 Å². The number of aliphatic hydroxyl groups is 1. The zero-order chi connectivity index (χ0) is 15.2. The molecule has 0 saturated heterocycles. The molecular formula is C15H13BrFNO3. The Morgan fingerprint density at radius 2 is 2.10 bits per heavy atom. The maximum Gasteiger partial charge on any atom is 0.169 e. The van der Waals surface area contributed by atoms with E-state index in [0.717, 1.165) is 4.47 Å². The highest BCUT2D eigenvalue weighted by Gasteiger charge is 2.40. The number of aliphatic hydroxyl groups excluding tert-OH is 1. The van der Waals surface area contributed by atoms with E-state index >= 15 is 0 Å². The topological polar surface area (TPSA) is 64.7 Å². The number of ether oxygens (including phenoxy) is 2. The van der Waals surface area contributed by atoms with Gasteiger partial charge in [-0.25, -0.2) is 4.39 Å². The normalized spacial score (nSPS) is 19.5. The van der Waals surface area contributed by atoms with Gasteiger partial charge in [0, 0.05) is 21.7 Å². The van der Waals surface area contributed by atoms with Crippen LogP contribution in [0.3, 0.4) is 0 Å². The number of rotatable bonds is 2. The van der Waals surface area contributed by atoms with Crippen molar-refractivity contribution in [2.45, 2.75) is 5.54 Å². The van der Waals surface area contributed by atoms with Crippen LogP contribution in [0.1, 0.15) is 11.1 Å². The third-order valence-electron chi connectivity index (χ3n) is 3.62. The van der Waals surface area contributed by atoms with Crippen LogP contribution < -0.4 is 15.2 Å². The molecule has 0 radical (unpaired) electrons. The molecule has 110 valence electrons. The van der Waals surface area contributed by atoms with Crippen LogP contribution in [-0.4, -0.2) is 18.8 Å². The summed E-state index contributed by atoms with van der Waals surface area (Å²) in [6.45, 7) is -0.389. The molecule has 3 N–H and O–H groups in total. The van der Waals surface area contributed by atoms with Crippen molar-refractivity contribution in [1.29, 1.82) is 0 Å². The molecule has 0 aromatic heterocycles. The van der Waals surface area contributed by atoms with Crippen molar-refractivity contribution >= 4 is 15.9 Å². The van der Waals surface area contributed by atoms with E-state index in [1.807, 2.05) is 0 Å². The predicted molar refractivity (Wildman–Crippen MR) is 79.2 cm³/mol. The van der Waals surface area contributed by atoms with Crippen molar-refractivity contribution < 1.29 is 19.0 Å². The van der Waals surface area contributed by atoms with Crippen LogP contribution in [0, 0.1) is 5.82 Å². The van der Waals surface area contributed by atoms with Crippen LogP contribution in [0.2, 0.25) is 0 Å². The number of methoxy groups -OCH3 is 1. The molecule has 1 aliphatic rings. The fraction of sp³-hybridized carbons (Fsp3) is 0.200. The Balaban J connectivity index is 2.30. The molecule has 2 aromatic rings. The van der Waals surface area contributed by atoms with Gasteiger partial charge < -0.3 is 20.3 Å². The Hall–Kier alpha value is -1.63. The number of benzene rings is 2. The summed E-state index contributed by atoms with van der Waals surface area (Å²) in [5.41, 5.74) is 6.05. The summed E-state index contributed by atoms with van der Waals surface area (Å²) < 4.78 is 25.7. The molecule has 2 aromatic carbocycles. The van der Waals surface area contributed by atoms with Gasteiger partial charge in [0.15, 0.2) is 11.6 Å². The lowest BCUT2D eigenvalue weighted by Crippen LogP contribution is -2.44. The second-order valence-corrected chi connectivity index (χ2v) is 5.77. The van der Waals surface area contributed by atoms with Crippen molar-refractivity contribution in [2.75, 3.05) is 13.7 Å². The molecule has 0 fully saturated rings. The lowest BCUT2D eigenvalue weighted by Gasteiger charge is -2.36. The number of fused-ring (bicyclic) bond motifs is 2. The van der Waals surface area contributed by atoms with Gasteiger partial charge in [-0.2, -0.15) is 0 Å². The van der Waals surface area contributed by atoms with Crippen molar-refractivity contribution in [3.05, 3.63) is 51.7 Å². The van der Waals surface area contributed by atoms with Crippen LogP contribution in [-0.2, 0) is 5.54 Å². The first kappa shape index (κ1) is 14.3. The van der Waals surface area contributed by atoms with Crippen LogP contribution in [0.4, 0.5) is 4.39 Å². The molecule has 21 heavy (non-hydrogen) atoms. The molecule has 0 spiro atoms. The summed E-state index contributed by atoms with van der Waals surface area (Å²) >= 11 is 3.36. The summed E-state index contributed by atoms with van der Waals surface area (Å²) in [5, 5.41) is 9.83. The van der Waals surface area contributed by atoms with Gasteiger partial charge in [0.05, 0.1) is 19.3 Å². The van der Waals surface area contributed by atoms with Crippen LogP contribution in [0.5, 0.6) is 17.2 Å². The Labute approximate surface area is 129 Å². The van der Waals surface area contributed by atoms with E-state index < -0.39 is 11.4 Å². The maximum absolute atomic E-state index is 14.2. The van der Waals surface area contributed by atoms with Gasteiger partial charge in [0.1, 0.15) is 11.5 Å². The van der Waals surface area contributed by atoms with Crippen molar-refractivity contribution in [3.8, 4) is 17.2 Å². The fourth-order valence-electron chi connectivity index (χ4n) is 2.49. The van der Waals surface area contributed by atoms with E-state index in [0.29, 0.717) is 22.6 Å². The van der Waals surface area contributed by atoms with E-state index in [4.69, 9.17) is 15.2 Å². The van der Waals surface area contributed by atoms with E-state index in [1.54, 1.807) is 24.3 Å². The van der Waals surface area contributed by atoms with Gasteiger partial charge in [0.25, 0.3) is 0 Å². The average molecular weight is 354 g/mol. The minimum absolute atomic E-state index is 0.0159. The van der Waals surface area contributed by atoms with Gasteiger partial charge in [-0.05, 0) is 24.3 Å². The zero-order valence-electron chi connectivity index (χ0n) is 11.2. The summed E-state index contributed by atoms with van der Waals surface area (Å²) in [6.07, 6.45) is 0. The lowest BCUT2D eigenvalue weighted by molar-refractivity contribution is 0.209. The number of nitrogens with two attached hydrogens (primary N) is 1. The monoisotopic (exact) mass is 353 g/mol. The molecule has 4 nitrogen and oxygen atoms in total. The fourth-order valence-corrected chi connectivity index (χ4v) is 2.85. The Morgan fingerprint density at radius 1 is 1.33 bits per heavy atom. The highest BCUT2D eigenvalue weighted by Crippen LogP contribution is 2.48. The largest absolute Gasteiger partial charge is 0.497 e. The quantitative estimate of drug-likeness (QED) is 0.871. The van der Waals surface area contributed by atoms with E-state index in [1.165, 1.54) is 13.2 Å². The molecule has 6 heteroatoms. The predicted octanol–water partition coefficient (Wildman–Crippen LogP) is 2.90. The van der Waals surface area contributed by atoms with Gasteiger partial charge in [-0.1, -0.05) is 15.9 Å². The van der Waals surface area contributed by atoms with Crippen molar-refractivity contribution in [1.82, 2.24) is 0 Å². The third kappa shape index (κ3) is 2.10. The van der Waals surface area contributed by atoms with Crippen LogP contribution >= 0.6 is 15.9 Å². The van der Waals surface area contributed by atoms with Crippen LogP contribution in [0.25, 0.3) is 0 Å². The Bertz CT molecular complexity index is 722. The molecule has 1 atom stereocenters. The maximum atomic E-state index is 14.2. The first-order valence-electron chi connectivity index (χ1n) is 6.25. The zero-order valence-corrected chi connectivity index (χ0v) is 12.8. The summed E-state index contributed by atoms with van der Waals surface area (Å²) in [6, 6.07) is 8.01. The molecule has 0 unspecified atom stereocenters. The second-order valence-electron chi connectivity index (χ2n) is 4.86. The summed E-state index contributed by atoms with van der Waals surface area (Å²) in [4.78, 5) is 0. The molecule has 3 rings (SSSR count).